The average molecular weight is 309 g/mol. The fraction of sp³-hybridized carbons (Fsp3) is 0.571. The summed E-state index contributed by atoms with van der Waals surface area (Å²) in [6, 6.07) is 2.96. The first-order chi connectivity index (χ1) is 9.29. The summed E-state index contributed by atoms with van der Waals surface area (Å²) in [6.07, 6.45) is -3.67. The van der Waals surface area contributed by atoms with Crippen LogP contribution in [-0.4, -0.2) is 18.1 Å². The molecule has 0 aliphatic rings. The summed E-state index contributed by atoms with van der Waals surface area (Å²) in [5.41, 5.74) is -0.749. The van der Waals surface area contributed by atoms with E-state index in [1.165, 1.54) is 6.07 Å². The lowest BCUT2D eigenvalue weighted by Gasteiger charge is -2.20. The molecule has 6 heteroatoms. The molecule has 0 fully saturated rings. The Morgan fingerprint density at radius 2 is 1.95 bits per heavy atom. The van der Waals surface area contributed by atoms with Crippen molar-refractivity contribution < 1.29 is 17.6 Å². The predicted octanol–water partition coefficient (Wildman–Crippen LogP) is 4.64. The van der Waals surface area contributed by atoms with Gasteiger partial charge in [-0.15, -0.1) is 0 Å². The van der Waals surface area contributed by atoms with Crippen LogP contribution < -0.4 is 5.32 Å². The minimum Gasteiger partial charge on any atom is -0.312 e. The van der Waals surface area contributed by atoms with Gasteiger partial charge in [0.2, 0.25) is 0 Å². The molecule has 0 amide bonds. The van der Waals surface area contributed by atoms with Gasteiger partial charge in [-0.2, -0.15) is 24.9 Å². The molecule has 0 aliphatic heterocycles. The van der Waals surface area contributed by atoms with Crippen LogP contribution in [0, 0.1) is 5.82 Å². The Morgan fingerprint density at radius 3 is 2.45 bits per heavy atom. The summed E-state index contributed by atoms with van der Waals surface area (Å²) < 4.78 is 51.4. The highest BCUT2D eigenvalue weighted by Gasteiger charge is 2.34. The van der Waals surface area contributed by atoms with Crippen molar-refractivity contribution in [3.8, 4) is 0 Å². The third-order valence-electron chi connectivity index (χ3n) is 3.17. The fourth-order valence-corrected chi connectivity index (χ4v) is 2.82. The van der Waals surface area contributed by atoms with E-state index in [0.717, 1.165) is 18.6 Å². The molecular formula is C14H19F4NS. The maximum Gasteiger partial charge on any atom is 0.419 e. The Labute approximate surface area is 121 Å². The second kappa shape index (κ2) is 7.31. The Bertz CT molecular complexity index is 434. The van der Waals surface area contributed by atoms with Crippen molar-refractivity contribution >= 4 is 11.8 Å². The SMILES string of the molecule is CCC(C)SCC(NC)c1ccc(F)c(C(F)(F)F)c1. The minimum absolute atomic E-state index is 0.226. The fourth-order valence-electron chi connectivity index (χ4n) is 1.70. The van der Waals surface area contributed by atoms with E-state index in [0.29, 0.717) is 16.6 Å². The second-order valence-corrected chi connectivity index (χ2v) is 6.10. The Balaban J connectivity index is 2.93. The highest BCUT2D eigenvalue weighted by Crippen LogP contribution is 2.33. The van der Waals surface area contributed by atoms with Crippen LogP contribution in [-0.2, 0) is 6.18 Å². The molecule has 1 nitrogen and oxygen atoms in total. The molecule has 20 heavy (non-hydrogen) atoms. The van der Waals surface area contributed by atoms with Crippen LogP contribution in [0.1, 0.15) is 37.4 Å². The average Bonchev–Trinajstić information content (AvgIpc) is 2.39. The lowest BCUT2D eigenvalue weighted by atomic mass is 10.0. The number of alkyl halides is 3. The lowest BCUT2D eigenvalue weighted by Crippen LogP contribution is -2.21. The van der Waals surface area contributed by atoms with Crippen molar-refractivity contribution in [2.45, 2.75) is 37.7 Å². The monoisotopic (exact) mass is 309 g/mol. The number of nitrogens with one attached hydrogen (secondary N) is 1. The molecule has 0 bridgehead atoms. The van der Waals surface area contributed by atoms with Crippen molar-refractivity contribution in [3.63, 3.8) is 0 Å². The zero-order chi connectivity index (χ0) is 15.3. The maximum atomic E-state index is 13.3. The van der Waals surface area contributed by atoms with Crippen LogP contribution >= 0.6 is 11.8 Å². The van der Waals surface area contributed by atoms with Gasteiger partial charge in [-0.25, -0.2) is 4.39 Å². The summed E-state index contributed by atoms with van der Waals surface area (Å²) in [4.78, 5) is 0. The summed E-state index contributed by atoms with van der Waals surface area (Å²) in [7, 11) is 1.69. The largest absolute Gasteiger partial charge is 0.419 e. The Morgan fingerprint density at radius 1 is 1.30 bits per heavy atom. The van der Waals surface area contributed by atoms with E-state index in [2.05, 4.69) is 19.2 Å². The summed E-state index contributed by atoms with van der Waals surface area (Å²) in [6.45, 7) is 4.13. The molecule has 1 aromatic carbocycles. The van der Waals surface area contributed by atoms with E-state index in [1.54, 1.807) is 18.8 Å². The number of hydrogen-bond donors (Lipinski definition) is 1. The van der Waals surface area contributed by atoms with Gasteiger partial charge in [-0.1, -0.05) is 19.9 Å². The predicted molar refractivity (Wildman–Crippen MR) is 75.4 cm³/mol. The first kappa shape index (κ1) is 17.3. The highest BCUT2D eigenvalue weighted by molar-refractivity contribution is 7.99. The van der Waals surface area contributed by atoms with Crippen molar-refractivity contribution in [1.29, 1.82) is 0 Å². The van der Waals surface area contributed by atoms with E-state index in [9.17, 15) is 17.6 Å². The van der Waals surface area contributed by atoms with Gasteiger partial charge in [-0.05, 0) is 31.2 Å². The molecule has 2 unspecified atom stereocenters. The zero-order valence-electron chi connectivity index (χ0n) is 11.7. The smallest absolute Gasteiger partial charge is 0.312 e. The normalized spacial score (nSPS) is 15.2. The van der Waals surface area contributed by atoms with Gasteiger partial charge in [0, 0.05) is 17.0 Å². The van der Waals surface area contributed by atoms with Crippen LogP contribution in [0.5, 0.6) is 0 Å². The molecule has 2 atom stereocenters. The molecule has 0 radical (unpaired) electrons. The Hall–Kier alpha value is -0.750. The van der Waals surface area contributed by atoms with Crippen molar-refractivity contribution in [2.75, 3.05) is 12.8 Å². The van der Waals surface area contributed by atoms with Crippen LogP contribution in [0.25, 0.3) is 0 Å². The van der Waals surface area contributed by atoms with Gasteiger partial charge < -0.3 is 5.32 Å². The molecule has 0 spiro atoms. The van der Waals surface area contributed by atoms with Crippen molar-refractivity contribution in [2.24, 2.45) is 0 Å². The zero-order valence-corrected chi connectivity index (χ0v) is 12.5. The molecule has 0 saturated carbocycles. The molecule has 0 saturated heterocycles. The first-order valence-corrected chi connectivity index (χ1v) is 7.50. The van der Waals surface area contributed by atoms with Gasteiger partial charge in [0.25, 0.3) is 0 Å². The lowest BCUT2D eigenvalue weighted by molar-refractivity contribution is -0.140. The van der Waals surface area contributed by atoms with Crippen LogP contribution in [0.3, 0.4) is 0 Å². The second-order valence-electron chi connectivity index (χ2n) is 4.63. The van der Waals surface area contributed by atoms with Crippen molar-refractivity contribution in [3.05, 3.63) is 35.1 Å². The molecular weight excluding hydrogens is 290 g/mol. The minimum atomic E-state index is -4.66. The van der Waals surface area contributed by atoms with Gasteiger partial charge >= 0.3 is 6.18 Å². The van der Waals surface area contributed by atoms with Gasteiger partial charge in [-0.3, -0.25) is 0 Å². The molecule has 1 rings (SSSR count). The van der Waals surface area contributed by atoms with E-state index in [-0.39, 0.29) is 6.04 Å². The van der Waals surface area contributed by atoms with E-state index in [1.807, 2.05) is 0 Å². The summed E-state index contributed by atoms with van der Waals surface area (Å²) in [5, 5.41) is 3.42. The molecule has 0 aromatic heterocycles. The first-order valence-electron chi connectivity index (χ1n) is 6.45. The van der Waals surface area contributed by atoms with Gasteiger partial charge in [0.05, 0.1) is 5.56 Å². The maximum absolute atomic E-state index is 13.3. The number of rotatable bonds is 6. The highest BCUT2D eigenvalue weighted by atomic mass is 32.2. The summed E-state index contributed by atoms with van der Waals surface area (Å²) >= 11 is 1.68. The van der Waals surface area contributed by atoms with E-state index in [4.69, 9.17) is 0 Å². The van der Waals surface area contributed by atoms with E-state index >= 15 is 0 Å². The van der Waals surface area contributed by atoms with Gasteiger partial charge in [0.1, 0.15) is 5.82 Å². The number of benzene rings is 1. The molecule has 114 valence electrons. The third kappa shape index (κ3) is 4.66. The van der Waals surface area contributed by atoms with E-state index < -0.39 is 17.6 Å². The molecule has 0 aliphatic carbocycles. The van der Waals surface area contributed by atoms with Crippen LogP contribution in [0.15, 0.2) is 18.2 Å². The standard InChI is InChI=1S/C14H19F4NS/c1-4-9(2)20-8-13(19-3)10-5-6-12(15)11(7-10)14(16,17)18/h5-7,9,13,19H,4,8H2,1-3H3. The molecule has 0 heterocycles. The molecule has 1 N–H and O–H groups in total. The van der Waals surface area contributed by atoms with Crippen LogP contribution in [0.4, 0.5) is 17.6 Å². The van der Waals surface area contributed by atoms with Crippen molar-refractivity contribution in [1.82, 2.24) is 5.32 Å². The number of halogens is 4. The third-order valence-corrected chi connectivity index (χ3v) is 4.60. The van der Waals surface area contributed by atoms with Crippen LogP contribution in [0.2, 0.25) is 0 Å². The Kier molecular flexibility index (Phi) is 6.33. The van der Waals surface area contributed by atoms with Gasteiger partial charge in [0.15, 0.2) is 0 Å². The number of hydrogen-bond acceptors (Lipinski definition) is 2. The topological polar surface area (TPSA) is 12.0 Å². The number of thioether (sulfide) groups is 1. The molecule has 1 aromatic rings. The summed E-state index contributed by atoms with van der Waals surface area (Å²) in [5.74, 6) is -0.584. The quantitative estimate of drug-likeness (QED) is 0.769.